The normalized spacial score (nSPS) is 15.7. The molecule has 26 heavy (non-hydrogen) atoms. The molecule has 0 spiro atoms. The molecule has 0 atom stereocenters. The summed E-state index contributed by atoms with van der Waals surface area (Å²) in [6.07, 6.45) is 3.61. The average Bonchev–Trinajstić information content (AvgIpc) is 3.02. The van der Waals surface area contributed by atoms with E-state index in [0.29, 0.717) is 18.8 Å². The molecule has 3 rings (SSSR count). The second-order valence-electron chi connectivity index (χ2n) is 6.65. The van der Waals surface area contributed by atoms with Crippen molar-refractivity contribution in [3.63, 3.8) is 0 Å². The van der Waals surface area contributed by atoms with E-state index >= 15 is 0 Å². The van der Waals surface area contributed by atoms with E-state index in [1.165, 1.54) is 5.69 Å². The average molecular weight is 357 g/mol. The van der Waals surface area contributed by atoms with Crippen molar-refractivity contribution >= 4 is 17.3 Å². The first-order valence-corrected chi connectivity index (χ1v) is 9.11. The van der Waals surface area contributed by atoms with E-state index in [2.05, 4.69) is 44.6 Å². The zero-order valence-corrected chi connectivity index (χ0v) is 15.3. The van der Waals surface area contributed by atoms with Crippen LogP contribution in [-0.4, -0.2) is 65.6 Å². The van der Waals surface area contributed by atoms with Gasteiger partial charge in [0.25, 0.3) is 5.91 Å². The number of benzene rings is 1. The van der Waals surface area contributed by atoms with Gasteiger partial charge in [0.1, 0.15) is 0 Å². The molecule has 1 aromatic heterocycles. The molecular weight excluding hydrogens is 330 g/mol. The molecule has 0 bridgehead atoms. The van der Waals surface area contributed by atoms with Gasteiger partial charge in [0.15, 0.2) is 5.69 Å². The predicted octanol–water partition coefficient (Wildman–Crippen LogP) is 1.02. The van der Waals surface area contributed by atoms with Gasteiger partial charge in [-0.3, -0.25) is 9.48 Å². The van der Waals surface area contributed by atoms with E-state index in [1.54, 1.807) is 10.9 Å². The van der Waals surface area contributed by atoms with Crippen LogP contribution >= 0.6 is 0 Å². The van der Waals surface area contributed by atoms with Crippen LogP contribution in [0.4, 0.5) is 11.4 Å². The van der Waals surface area contributed by atoms with E-state index in [4.69, 9.17) is 5.73 Å². The molecule has 1 fully saturated rings. The van der Waals surface area contributed by atoms with Gasteiger partial charge in [-0.15, -0.1) is 5.10 Å². The number of anilines is 2. The first kappa shape index (κ1) is 18.3. The molecule has 0 aliphatic carbocycles. The Bertz CT molecular complexity index is 713. The van der Waals surface area contributed by atoms with Crippen molar-refractivity contribution in [1.29, 1.82) is 0 Å². The third-order valence-electron chi connectivity index (χ3n) is 4.57. The quantitative estimate of drug-likeness (QED) is 0.802. The Balaban J connectivity index is 1.58. The number of rotatable bonds is 6. The fourth-order valence-corrected chi connectivity index (χ4v) is 3.02. The van der Waals surface area contributed by atoms with Crippen LogP contribution in [0.3, 0.4) is 0 Å². The first-order valence-electron chi connectivity index (χ1n) is 9.11. The lowest BCUT2D eigenvalue weighted by Crippen LogP contribution is -2.28. The predicted molar refractivity (Wildman–Crippen MR) is 102 cm³/mol. The fraction of sp³-hybridized carbons (Fsp3) is 0.500. The second kappa shape index (κ2) is 8.77. The maximum atomic E-state index is 12.3. The van der Waals surface area contributed by atoms with Crippen LogP contribution in [0.5, 0.6) is 0 Å². The zero-order chi connectivity index (χ0) is 18.4. The van der Waals surface area contributed by atoms with Crippen molar-refractivity contribution in [1.82, 2.24) is 19.9 Å². The Kier molecular flexibility index (Phi) is 6.19. The topological polar surface area (TPSA) is 92.3 Å². The van der Waals surface area contributed by atoms with Crippen LogP contribution in [0.15, 0.2) is 30.5 Å². The minimum atomic E-state index is -0.256. The van der Waals surface area contributed by atoms with Crippen molar-refractivity contribution in [2.45, 2.75) is 19.4 Å². The zero-order valence-electron chi connectivity index (χ0n) is 15.3. The Morgan fingerprint density at radius 2 is 2.00 bits per heavy atom. The number of hydrogen-bond donors (Lipinski definition) is 2. The molecule has 8 nitrogen and oxygen atoms in total. The maximum absolute atomic E-state index is 12.3. The second-order valence-corrected chi connectivity index (χ2v) is 6.65. The standard InChI is InChI=1S/C18H27N7O/c1-23-9-3-10-24(13-12-23)16-6-4-15(5-7-16)20-18(26)17-14-25(22-21-17)11-2-8-19/h4-7,14H,2-3,8-13,19H2,1H3,(H,20,26). The smallest absolute Gasteiger partial charge is 0.277 e. The summed E-state index contributed by atoms with van der Waals surface area (Å²) in [7, 11) is 2.16. The minimum Gasteiger partial charge on any atom is -0.370 e. The fourth-order valence-electron chi connectivity index (χ4n) is 3.02. The van der Waals surface area contributed by atoms with Gasteiger partial charge in [0, 0.05) is 37.6 Å². The Morgan fingerprint density at radius 1 is 1.19 bits per heavy atom. The molecule has 1 amide bonds. The van der Waals surface area contributed by atoms with Gasteiger partial charge in [0.2, 0.25) is 0 Å². The third-order valence-corrected chi connectivity index (χ3v) is 4.57. The van der Waals surface area contributed by atoms with Crippen molar-refractivity contribution in [2.24, 2.45) is 5.73 Å². The lowest BCUT2D eigenvalue weighted by molar-refractivity contribution is 0.102. The summed E-state index contributed by atoms with van der Waals surface area (Å²) in [5.41, 5.74) is 7.73. The molecule has 140 valence electrons. The summed E-state index contributed by atoms with van der Waals surface area (Å²) >= 11 is 0. The molecule has 2 heterocycles. The van der Waals surface area contributed by atoms with Crippen molar-refractivity contribution in [3.8, 4) is 0 Å². The van der Waals surface area contributed by atoms with Crippen LogP contribution in [0.2, 0.25) is 0 Å². The minimum absolute atomic E-state index is 0.256. The number of nitrogens with one attached hydrogen (secondary N) is 1. The maximum Gasteiger partial charge on any atom is 0.277 e. The molecule has 1 aliphatic rings. The van der Waals surface area contributed by atoms with Crippen LogP contribution in [-0.2, 0) is 6.54 Å². The van der Waals surface area contributed by atoms with E-state index < -0.39 is 0 Å². The molecule has 8 heteroatoms. The lowest BCUT2D eigenvalue weighted by atomic mass is 10.2. The third kappa shape index (κ3) is 4.80. The van der Waals surface area contributed by atoms with Crippen molar-refractivity contribution in [3.05, 3.63) is 36.2 Å². The van der Waals surface area contributed by atoms with Gasteiger partial charge in [-0.05, 0) is 57.2 Å². The number of carbonyl (C=O) groups excluding carboxylic acids is 1. The summed E-state index contributed by atoms with van der Waals surface area (Å²) in [5.74, 6) is -0.256. The molecular formula is C18H27N7O. The molecule has 0 saturated carbocycles. The molecule has 1 aromatic carbocycles. The molecule has 2 aromatic rings. The summed E-state index contributed by atoms with van der Waals surface area (Å²) in [6, 6.07) is 7.97. The number of amides is 1. The molecule has 0 radical (unpaired) electrons. The van der Waals surface area contributed by atoms with Crippen LogP contribution in [0, 0.1) is 0 Å². The largest absolute Gasteiger partial charge is 0.370 e. The monoisotopic (exact) mass is 357 g/mol. The molecule has 3 N–H and O–H groups in total. The molecule has 1 aliphatic heterocycles. The van der Waals surface area contributed by atoms with Gasteiger partial charge < -0.3 is 20.9 Å². The number of aromatic nitrogens is 3. The highest BCUT2D eigenvalue weighted by molar-refractivity contribution is 6.02. The van der Waals surface area contributed by atoms with Gasteiger partial charge in [-0.25, -0.2) is 0 Å². The number of likely N-dealkylation sites (N-methyl/N-ethyl adjacent to an activating group) is 1. The lowest BCUT2D eigenvalue weighted by Gasteiger charge is -2.23. The number of hydrogen-bond acceptors (Lipinski definition) is 6. The van der Waals surface area contributed by atoms with E-state index in [1.807, 2.05) is 12.1 Å². The summed E-state index contributed by atoms with van der Waals surface area (Å²) < 4.78 is 1.64. The van der Waals surface area contributed by atoms with Gasteiger partial charge >= 0.3 is 0 Å². The van der Waals surface area contributed by atoms with Gasteiger partial charge in [-0.2, -0.15) is 0 Å². The first-order chi connectivity index (χ1) is 12.7. The summed E-state index contributed by atoms with van der Waals surface area (Å²) in [4.78, 5) is 17.0. The molecule has 0 unspecified atom stereocenters. The van der Waals surface area contributed by atoms with Gasteiger partial charge in [-0.1, -0.05) is 5.21 Å². The number of aryl methyl sites for hydroxylation is 1. The Labute approximate surface area is 153 Å². The summed E-state index contributed by atoms with van der Waals surface area (Å²) in [5, 5.41) is 10.7. The van der Waals surface area contributed by atoms with Crippen molar-refractivity contribution < 1.29 is 4.79 Å². The molecule has 1 saturated heterocycles. The van der Waals surface area contributed by atoms with Crippen molar-refractivity contribution in [2.75, 3.05) is 50.0 Å². The van der Waals surface area contributed by atoms with E-state index in [9.17, 15) is 4.79 Å². The number of nitrogens with two attached hydrogens (primary N) is 1. The highest BCUT2D eigenvalue weighted by Gasteiger charge is 2.14. The Hall–Kier alpha value is -2.45. The van der Waals surface area contributed by atoms with Crippen LogP contribution in [0.1, 0.15) is 23.3 Å². The number of carbonyl (C=O) groups is 1. The summed E-state index contributed by atoms with van der Waals surface area (Å²) in [6.45, 7) is 5.53. The van der Waals surface area contributed by atoms with Crippen LogP contribution < -0.4 is 16.0 Å². The number of nitrogens with zero attached hydrogens (tertiary/aromatic N) is 5. The van der Waals surface area contributed by atoms with E-state index in [-0.39, 0.29) is 5.91 Å². The highest BCUT2D eigenvalue weighted by atomic mass is 16.2. The van der Waals surface area contributed by atoms with E-state index in [0.717, 1.165) is 44.7 Å². The van der Waals surface area contributed by atoms with Gasteiger partial charge in [0.05, 0.1) is 6.20 Å². The Morgan fingerprint density at radius 3 is 2.77 bits per heavy atom. The highest BCUT2D eigenvalue weighted by Crippen LogP contribution is 2.19. The van der Waals surface area contributed by atoms with Crippen LogP contribution in [0.25, 0.3) is 0 Å². The SMILES string of the molecule is CN1CCCN(c2ccc(NC(=O)c3cn(CCCN)nn3)cc2)CC1.